The van der Waals surface area contributed by atoms with E-state index in [1.54, 1.807) is 0 Å². The maximum atomic E-state index is 9.55. The van der Waals surface area contributed by atoms with Crippen molar-refractivity contribution in [1.29, 1.82) is 0 Å². The van der Waals surface area contributed by atoms with Crippen LogP contribution in [0.25, 0.3) is 0 Å². The summed E-state index contributed by atoms with van der Waals surface area (Å²) in [6.07, 6.45) is 4.74. The summed E-state index contributed by atoms with van der Waals surface area (Å²) in [5.41, 5.74) is 2.82. The Morgan fingerprint density at radius 1 is 1.21 bits per heavy atom. The van der Waals surface area contributed by atoms with Gasteiger partial charge in [-0.05, 0) is 42.9 Å². The first-order valence-electron chi connectivity index (χ1n) is 7.46. The van der Waals surface area contributed by atoms with Crippen LogP contribution in [-0.4, -0.2) is 25.3 Å². The zero-order chi connectivity index (χ0) is 13.9. The van der Waals surface area contributed by atoms with Crippen LogP contribution in [0.4, 0.5) is 5.69 Å². The van der Waals surface area contributed by atoms with Crippen molar-refractivity contribution < 1.29 is 5.11 Å². The molecule has 2 nitrogen and oxygen atoms in total. The van der Waals surface area contributed by atoms with Gasteiger partial charge in [-0.25, -0.2) is 0 Å². The number of hydrogen-bond acceptors (Lipinski definition) is 2. The summed E-state index contributed by atoms with van der Waals surface area (Å²) in [7, 11) is 2.13. The third-order valence-electron chi connectivity index (χ3n) is 4.34. The molecule has 0 saturated heterocycles. The number of hydrogen-bond donors (Lipinski definition) is 1. The molecule has 2 heteroatoms. The van der Waals surface area contributed by atoms with E-state index in [1.165, 1.54) is 30.5 Å². The minimum Gasteiger partial charge on any atom is -0.396 e. The topological polar surface area (TPSA) is 23.5 Å². The van der Waals surface area contributed by atoms with Gasteiger partial charge in [0, 0.05) is 24.7 Å². The van der Waals surface area contributed by atoms with Crippen LogP contribution in [-0.2, 0) is 6.42 Å². The molecule has 1 saturated carbocycles. The van der Waals surface area contributed by atoms with E-state index in [4.69, 9.17) is 0 Å². The van der Waals surface area contributed by atoms with Gasteiger partial charge in [0.1, 0.15) is 0 Å². The van der Waals surface area contributed by atoms with E-state index in [0.717, 1.165) is 13.0 Å². The monoisotopic (exact) mass is 261 g/mol. The average Bonchev–Trinajstić information content (AvgIpc) is 2.34. The second-order valence-electron chi connectivity index (χ2n) is 6.63. The summed E-state index contributed by atoms with van der Waals surface area (Å²) >= 11 is 0. The van der Waals surface area contributed by atoms with Crippen LogP contribution in [0.2, 0.25) is 0 Å². The number of benzene rings is 1. The third kappa shape index (κ3) is 3.50. The molecule has 1 aliphatic rings. The Morgan fingerprint density at radius 3 is 2.26 bits per heavy atom. The maximum absolute atomic E-state index is 9.55. The molecule has 1 aromatic carbocycles. The molecule has 0 bridgehead atoms. The SMILES string of the molecule is CC(C)Cc1ccc(N(C)CC2(CO)CCC2)cc1. The van der Waals surface area contributed by atoms with Crippen LogP contribution < -0.4 is 4.90 Å². The van der Waals surface area contributed by atoms with Crippen molar-refractivity contribution in [2.24, 2.45) is 11.3 Å². The van der Waals surface area contributed by atoms with Gasteiger partial charge in [0.25, 0.3) is 0 Å². The van der Waals surface area contributed by atoms with Crippen LogP contribution in [0.1, 0.15) is 38.7 Å². The smallest absolute Gasteiger partial charge is 0.0504 e. The normalized spacial score (nSPS) is 17.3. The van der Waals surface area contributed by atoms with Crippen LogP contribution in [0.3, 0.4) is 0 Å². The molecular formula is C17H27NO. The molecule has 0 spiro atoms. The average molecular weight is 261 g/mol. The number of aliphatic hydroxyl groups is 1. The lowest BCUT2D eigenvalue weighted by Gasteiger charge is -2.43. The fourth-order valence-electron chi connectivity index (χ4n) is 3.00. The van der Waals surface area contributed by atoms with Gasteiger partial charge in [-0.3, -0.25) is 0 Å². The van der Waals surface area contributed by atoms with Crippen molar-refractivity contribution >= 4 is 5.69 Å². The summed E-state index contributed by atoms with van der Waals surface area (Å²) in [6, 6.07) is 8.89. The Kier molecular flexibility index (Phi) is 4.51. The van der Waals surface area contributed by atoms with Crippen molar-refractivity contribution in [3.05, 3.63) is 29.8 Å². The largest absolute Gasteiger partial charge is 0.396 e. The highest BCUT2D eigenvalue weighted by Gasteiger charge is 2.37. The van der Waals surface area contributed by atoms with E-state index in [-0.39, 0.29) is 5.41 Å². The first-order valence-corrected chi connectivity index (χ1v) is 7.46. The minimum absolute atomic E-state index is 0.158. The molecule has 0 amide bonds. The summed E-state index contributed by atoms with van der Waals surface area (Å²) in [5.74, 6) is 0.705. The highest BCUT2D eigenvalue weighted by molar-refractivity contribution is 5.47. The zero-order valence-corrected chi connectivity index (χ0v) is 12.5. The second kappa shape index (κ2) is 5.96. The second-order valence-corrected chi connectivity index (χ2v) is 6.63. The quantitative estimate of drug-likeness (QED) is 0.847. The van der Waals surface area contributed by atoms with E-state index in [1.807, 2.05) is 0 Å². The van der Waals surface area contributed by atoms with E-state index < -0.39 is 0 Å². The van der Waals surface area contributed by atoms with Crippen LogP contribution >= 0.6 is 0 Å². The molecule has 0 heterocycles. The molecule has 0 aromatic heterocycles. The van der Waals surface area contributed by atoms with Gasteiger partial charge in [-0.1, -0.05) is 32.4 Å². The van der Waals surface area contributed by atoms with E-state index in [2.05, 4.69) is 50.1 Å². The lowest BCUT2D eigenvalue weighted by atomic mass is 9.69. The fraction of sp³-hybridized carbons (Fsp3) is 0.647. The molecule has 106 valence electrons. The molecule has 0 radical (unpaired) electrons. The summed E-state index contributed by atoms with van der Waals surface area (Å²) in [6.45, 7) is 5.79. The van der Waals surface area contributed by atoms with Gasteiger partial charge in [-0.2, -0.15) is 0 Å². The van der Waals surface area contributed by atoms with E-state index in [9.17, 15) is 5.11 Å². The van der Waals surface area contributed by atoms with Crippen molar-refractivity contribution in [1.82, 2.24) is 0 Å². The summed E-state index contributed by atoms with van der Waals surface area (Å²) in [5, 5.41) is 9.55. The Hall–Kier alpha value is -1.02. The fourth-order valence-corrected chi connectivity index (χ4v) is 3.00. The Labute approximate surface area is 117 Å². The van der Waals surface area contributed by atoms with Crippen LogP contribution in [0.5, 0.6) is 0 Å². The van der Waals surface area contributed by atoms with Crippen LogP contribution in [0.15, 0.2) is 24.3 Å². The molecule has 19 heavy (non-hydrogen) atoms. The molecule has 0 atom stereocenters. The highest BCUT2D eigenvalue weighted by atomic mass is 16.3. The first-order chi connectivity index (χ1) is 9.04. The molecule has 0 unspecified atom stereocenters. The van der Waals surface area contributed by atoms with E-state index >= 15 is 0 Å². The minimum atomic E-state index is 0.158. The number of aliphatic hydroxyl groups excluding tert-OH is 1. The lowest BCUT2D eigenvalue weighted by molar-refractivity contribution is 0.0524. The van der Waals surface area contributed by atoms with Crippen molar-refractivity contribution in [2.45, 2.75) is 39.5 Å². The molecular weight excluding hydrogens is 234 g/mol. The highest BCUT2D eigenvalue weighted by Crippen LogP contribution is 2.41. The van der Waals surface area contributed by atoms with Crippen molar-refractivity contribution in [3.63, 3.8) is 0 Å². The Morgan fingerprint density at radius 2 is 1.84 bits per heavy atom. The standard InChI is InChI=1S/C17H27NO/c1-14(2)11-15-5-7-16(8-6-15)18(3)12-17(13-19)9-4-10-17/h5-8,14,19H,4,9-13H2,1-3H3. The van der Waals surface area contributed by atoms with Gasteiger partial charge in [0.05, 0.1) is 6.61 Å². The van der Waals surface area contributed by atoms with E-state index in [0.29, 0.717) is 12.5 Å². The summed E-state index contributed by atoms with van der Waals surface area (Å²) < 4.78 is 0. The van der Waals surface area contributed by atoms with Gasteiger partial charge in [0.15, 0.2) is 0 Å². The molecule has 1 aliphatic carbocycles. The Balaban J connectivity index is 1.97. The predicted octanol–water partition coefficient (Wildman–Crippen LogP) is 3.48. The number of rotatable bonds is 6. The molecule has 1 fully saturated rings. The van der Waals surface area contributed by atoms with Crippen LogP contribution in [0, 0.1) is 11.3 Å². The number of anilines is 1. The molecule has 1 N–H and O–H groups in total. The van der Waals surface area contributed by atoms with Crippen molar-refractivity contribution in [3.8, 4) is 0 Å². The number of nitrogens with zero attached hydrogens (tertiary/aromatic N) is 1. The van der Waals surface area contributed by atoms with Gasteiger partial charge >= 0.3 is 0 Å². The van der Waals surface area contributed by atoms with Gasteiger partial charge < -0.3 is 10.0 Å². The van der Waals surface area contributed by atoms with Gasteiger partial charge in [-0.15, -0.1) is 0 Å². The predicted molar refractivity (Wildman–Crippen MR) is 81.6 cm³/mol. The third-order valence-corrected chi connectivity index (χ3v) is 4.34. The summed E-state index contributed by atoms with van der Waals surface area (Å²) in [4.78, 5) is 2.29. The zero-order valence-electron chi connectivity index (χ0n) is 12.5. The molecule has 1 aromatic rings. The maximum Gasteiger partial charge on any atom is 0.0504 e. The first kappa shape index (κ1) is 14.4. The van der Waals surface area contributed by atoms with Gasteiger partial charge in [0.2, 0.25) is 0 Å². The van der Waals surface area contributed by atoms with Crippen molar-refractivity contribution in [2.75, 3.05) is 25.1 Å². The lowest BCUT2D eigenvalue weighted by Crippen LogP contribution is -2.43. The Bertz CT molecular complexity index is 387. The molecule has 0 aliphatic heterocycles. The molecule has 2 rings (SSSR count).